The number of allylic oxidation sites excluding steroid dienone is 1. The van der Waals surface area contributed by atoms with Crippen LogP contribution in [0.4, 0.5) is 4.39 Å². The van der Waals surface area contributed by atoms with Crippen molar-refractivity contribution >= 4 is 11.8 Å². The molecule has 0 bridgehead atoms. The van der Waals surface area contributed by atoms with E-state index in [0.29, 0.717) is 6.04 Å². The van der Waals surface area contributed by atoms with Crippen LogP contribution >= 0.6 is 11.8 Å². The maximum Gasteiger partial charge on any atom is 0.124 e. The lowest BCUT2D eigenvalue weighted by molar-refractivity contribution is 0.624. The molecule has 0 aromatic heterocycles. The fourth-order valence-electron chi connectivity index (χ4n) is 2.47. The van der Waals surface area contributed by atoms with Crippen LogP contribution in [0.25, 0.3) is 0 Å². The Morgan fingerprint density at radius 2 is 2.21 bits per heavy atom. The molecule has 1 atom stereocenters. The third kappa shape index (κ3) is 4.66. The summed E-state index contributed by atoms with van der Waals surface area (Å²) in [6.07, 6.45) is 8.77. The molecular formula is C16H22FNS. The van der Waals surface area contributed by atoms with Crippen LogP contribution in [0, 0.1) is 5.82 Å². The summed E-state index contributed by atoms with van der Waals surface area (Å²) in [6.45, 7) is 0. The van der Waals surface area contributed by atoms with Crippen LogP contribution < -0.4 is 5.32 Å². The molecule has 0 saturated carbocycles. The Morgan fingerprint density at radius 3 is 3.00 bits per heavy atom. The zero-order valence-corrected chi connectivity index (χ0v) is 12.3. The molecule has 2 rings (SSSR count). The van der Waals surface area contributed by atoms with Crippen LogP contribution in [0.15, 0.2) is 40.8 Å². The number of likely N-dealkylation sites (N-methyl/N-ethyl adjacent to an activating group) is 1. The number of benzene rings is 1. The van der Waals surface area contributed by atoms with Crippen molar-refractivity contribution in [3.05, 3.63) is 41.7 Å². The van der Waals surface area contributed by atoms with E-state index in [-0.39, 0.29) is 5.82 Å². The molecule has 0 heterocycles. The Morgan fingerprint density at radius 1 is 1.32 bits per heavy atom. The van der Waals surface area contributed by atoms with Gasteiger partial charge in [0, 0.05) is 16.7 Å². The molecule has 1 aliphatic carbocycles. The largest absolute Gasteiger partial charge is 0.313 e. The Balaban J connectivity index is 1.93. The van der Waals surface area contributed by atoms with Gasteiger partial charge in [0.1, 0.15) is 5.82 Å². The highest BCUT2D eigenvalue weighted by Gasteiger charge is 2.14. The van der Waals surface area contributed by atoms with E-state index in [2.05, 4.69) is 11.4 Å². The molecule has 1 N–H and O–H groups in total. The molecule has 19 heavy (non-hydrogen) atoms. The second-order valence-corrected chi connectivity index (χ2v) is 6.08. The highest BCUT2D eigenvalue weighted by Crippen LogP contribution is 2.25. The minimum atomic E-state index is -0.153. The van der Waals surface area contributed by atoms with Gasteiger partial charge in [-0.25, -0.2) is 4.39 Å². The molecule has 1 nitrogen and oxygen atoms in total. The van der Waals surface area contributed by atoms with Gasteiger partial charge in [-0.2, -0.15) is 0 Å². The maximum absolute atomic E-state index is 13.1. The molecule has 0 radical (unpaired) electrons. The van der Waals surface area contributed by atoms with Crippen LogP contribution in [0.1, 0.15) is 32.1 Å². The molecule has 0 saturated heterocycles. The van der Waals surface area contributed by atoms with Crippen LogP contribution in [-0.4, -0.2) is 18.8 Å². The number of hydrogen-bond donors (Lipinski definition) is 1. The molecule has 1 aromatic carbocycles. The van der Waals surface area contributed by atoms with Gasteiger partial charge < -0.3 is 5.32 Å². The van der Waals surface area contributed by atoms with Gasteiger partial charge in [0.25, 0.3) is 0 Å². The summed E-state index contributed by atoms with van der Waals surface area (Å²) in [5.74, 6) is 0.811. The third-order valence-corrected chi connectivity index (χ3v) is 4.67. The SMILES string of the molecule is CNC(CSc1cccc(F)c1)C1=CCCCCC1. The van der Waals surface area contributed by atoms with Crippen LogP contribution in [0.2, 0.25) is 0 Å². The fourth-order valence-corrected chi connectivity index (χ4v) is 3.58. The van der Waals surface area contributed by atoms with E-state index < -0.39 is 0 Å². The first-order chi connectivity index (χ1) is 9.29. The van der Waals surface area contributed by atoms with Gasteiger partial charge >= 0.3 is 0 Å². The summed E-state index contributed by atoms with van der Waals surface area (Å²) in [5.41, 5.74) is 1.53. The molecule has 1 aromatic rings. The van der Waals surface area contributed by atoms with E-state index >= 15 is 0 Å². The summed E-state index contributed by atoms with van der Waals surface area (Å²) < 4.78 is 13.1. The summed E-state index contributed by atoms with van der Waals surface area (Å²) >= 11 is 1.72. The summed E-state index contributed by atoms with van der Waals surface area (Å²) in [5, 5.41) is 3.40. The van der Waals surface area contributed by atoms with Crippen molar-refractivity contribution in [1.82, 2.24) is 5.32 Å². The predicted molar refractivity (Wildman–Crippen MR) is 81.1 cm³/mol. The second-order valence-electron chi connectivity index (χ2n) is 4.99. The lowest BCUT2D eigenvalue weighted by Crippen LogP contribution is -2.29. The second kappa shape index (κ2) is 7.71. The zero-order chi connectivity index (χ0) is 13.5. The van der Waals surface area contributed by atoms with Gasteiger partial charge in [0.15, 0.2) is 0 Å². The number of rotatable bonds is 5. The Hall–Kier alpha value is -0.800. The molecule has 0 fully saturated rings. The monoisotopic (exact) mass is 279 g/mol. The van der Waals surface area contributed by atoms with E-state index in [4.69, 9.17) is 0 Å². The number of thioether (sulfide) groups is 1. The summed E-state index contributed by atoms with van der Waals surface area (Å²) in [4.78, 5) is 1.01. The quantitative estimate of drug-likeness (QED) is 0.633. The lowest BCUT2D eigenvalue weighted by Gasteiger charge is -2.19. The summed E-state index contributed by atoms with van der Waals surface area (Å²) in [6, 6.07) is 7.26. The molecular weight excluding hydrogens is 257 g/mol. The van der Waals surface area contributed by atoms with E-state index in [1.165, 1.54) is 43.7 Å². The predicted octanol–water partition coefficient (Wildman–Crippen LogP) is 4.40. The van der Waals surface area contributed by atoms with Crippen LogP contribution in [0.5, 0.6) is 0 Å². The lowest BCUT2D eigenvalue weighted by atomic mass is 10.0. The van der Waals surface area contributed by atoms with Crippen molar-refractivity contribution in [2.75, 3.05) is 12.8 Å². The first kappa shape index (κ1) is 14.6. The van der Waals surface area contributed by atoms with Crippen molar-refractivity contribution in [2.24, 2.45) is 0 Å². The smallest absolute Gasteiger partial charge is 0.124 e. The van der Waals surface area contributed by atoms with Gasteiger partial charge in [-0.1, -0.05) is 24.1 Å². The topological polar surface area (TPSA) is 12.0 Å². The molecule has 3 heteroatoms. The Labute approximate surface area is 119 Å². The van der Waals surface area contributed by atoms with Gasteiger partial charge in [0.05, 0.1) is 0 Å². The van der Waals surface area contributed by atoms with E-state index in [1.807, 2.05) is 13.1 Å². The average Bonchev–Trinajstić information content (AvgIpc) is 2.69. The molecule has 104 valence electrons. The van der Waals surface area contributed by atoms with Gasteiger partial charge in [-0.15, -0.1) is 11.8 Å². The minimum Gasteiger partial charge on any atom is -0.313 e. The van der Waals surface area contributed by atoms with Crippen molar-refractivity contribution < 1.29 is 4.39 Å². The maximum atomic E-state index is 13.1. The summed E-state index contributed by atoms with van der Waals surface area (Å²) in [7, 11) is 2.02. The van der Waals surface area contributed by atoms with E-state index in [1.54, 1.807) is 23.9 Å². The first-order valence-electron chi connectivity index (χ1n) is 7.04. The van der Waals surface area contributed by atoms with Crippen molar-refractivity contribution in [1.29, 1.82) is 0 Å². The van der Waals surface area contributed by atoms with Gasteiger partial charge in [0.2, 0.25) is 0 Å². The zero-order valence-electron chi connectivity index (χ0n) is 11.5. The first-order valence-corrected chi connectivity index (χ1v) is 8.02. The molecule has 0 spiro atoms. The Bertz CT molecular complexity index is 431. The number of halogens is 1. The van der Waals surface area contributed by atoms with Crippen LogP contribution in [-0.2, 0) is 0 Å². The molecule has 1 unspecified atom stereocenters. The molecule has 0 aliphatic heterocycles. The number of hydrogen-bond acceptors (Lipinski definition) is 2. The molecule has 0 amide bonds. The van der Waals surface area contributed by atoms with Gasteiger partial charge in [-0.05, 0) is 50.9 Å². The standard InChI is InChI=1S/C16H22FNS/c1-18-16(13-7-4-2-3-5-8-13)12-19-15-10-6-9-14(17)11-15/h6-7,9-11,16,18H,2-5,8,12H2,1H3. The normalized spacial score (nSPS) is 17.7. The Kier molecular flexibility index (Phi) is 5.93. The van der Waals surface area contributed by atoms with E-state index in [9.17, 15) is 4.39 Å². The minimum absolute atomic E-state index is 0.153. The average molecular weight is 279 g/mol. The fraction of sp³-hybridized carbons (Fsp3) is 0.500. The van der Waals surface area contributed by atoms with Gasteiger partial charge in [-0.3, -0.25) is 0 Å². The van der Waals surface area contributed by atoms with Crippen molar-refractivity contribution in [3.8, 4) is 0 Å². The van der Waals surface area contributed by atoms with Crippen molar-refractivity contribution in [3.63, 3.8) is 0 Å². The number of nitrogens with one attached hydrogen (secondary N) is 1. The third-order valence-electron chi connectivity index (χ3n) is 3.58. The van der Waals surface area contributed by atoms with E-state index in [0.717, 1.165) is 10.6 Å². The highest BCUT2D eigenvalue weighted by molar-refractivity contribution is 7.99. The highest BCUT2D eigenvalue weighted by atomic mass is 32.2. The van der Waals surface area contributed by atoms with Crippen molar-refractivity contribution in [2.45, 2.75) is 43.0 Å². The van der Waals surface area contributed by atoms with Crippen LogP contribution in [0.3, 0.4) is 0 Å². The molecule has 1 aliphatic rings.